The molecule has 0 spiro atoms. The maximum absolute atomic E-state index is 10.6. The van der Waals surface area contributed by atoms with Gasteiger partial charge in [0.2, 0.25) is 5.82 Å². The van der Waals surface area contributed by atoms with Gasteiger partial charge in [-0.05, 0) is 6.92 Å². The average Bonchev–Trinajstić information content (AvgIpc) is 2.47. The van der Waals surface area contributed by atoms with Crippen molar-refractivity contribution in [2.75, 3.05) is 5.32 Å². The van der Waals surface area contributed by atoms with Gasteiger partial charge in [-0.2, -0.15) is 0 Å². The lowest BCUT2D eigenvalue weighted by molar-refractivity contribution is -0.384. The van der Waals surface area contributed by atoms with Crippen molar-refractivity contribution in [2.24, 2.45) is 7.05 Å². The summed E-state index contributed by atoms with van der Waals surface area (Å²) in [6.07, 6.45) is 6.98. The van der Waals surface area contributed by atoms with Gasteiger partial charge in [-0.1, -0.05) is 0 Å². The molecule has 1 N–H and O–H groups in total. The quantitative estimate of drug-likeness (QED) is 0.457. The zero-order valence-corrected chi connectivity index (χ0v) is 8.60. The first-order valence-electron chi connectivity index (χ1n) is 4.42. The minimum atomic E-state index is -0.474. The topological polar surface area (TPSA) is 73.0 Å². The Morgan fingerprint density at radius 2 is 2.53 bits per heavy atom. The highest BCUT2D eigenvalue weighted by atomic mass is 16.6. The van der Waals surface area contributed by atoms with E-state index >= 15 is 0 Å². The molecule has 80 valence electrons. The molecule has 1 unspecified atom stereocenters. The van der Waals surface area contributed by atoms with Crippen molar-refractivity contribution in [3.8, 4) is 12.3 Å². The summed E-state index contributed by atoms with van der Waals surface area (Å²) in [5.41, 5.74) is -0.0404. The standard InChI is InChI=1S/C9H12N4O2/c1-4-5-7(2)10-9-8(13(14)15)6-12(3)11-9/h1,6-7H,5H2,2-3H3,(H,10,11). The summed E-state index contributed by atoms with van der Waals surface area (Å²) >= 11 is 0. The van der Waals surface area contributed by atoms with E-state index in [1.54, 1.807) is 7.05 Å². The summed E-state index contributed by atoms with van der Waals surface area (Å²) in [6.45, 7) is 1.85. The van der Waals surface area contributed by atoms with Crippen molar-refractivity contribution in [1.29, 1.82) is 0 Å². The molecule has 0 aliphatic heterocycles. The van der Waals surface area contributed by atoms with E-state index in [4.69, 9.17) is 6.42 Å². The molecule has 6 nitrogen and oxygen atoms in total. The number of rotatable bonds is 4. The highest BCUT2D eigenvalue weighted by Crippen LogP contribution is 2.22. The molecule has 0 aromatic carbocycles. The maximum Gasteiger partial charge on any atom is 0.330 e. The lowest BCUT2D eigenvalue weighted by Gasteiger charge is -2.08. The van der Waals surface area contributed by atoms with Crippen LogP contribution in [0.25, 0.3) is 0 Å². The van der Waals surface area contributed by atoms with Crippen molar-refractivity contribution in [2.45, 2.75) is 19.4 Å². The van der Waals surface area contributed by atoms with Gasteiger partial charge in [-0.3, -0.25) is 14.8 Å². The van der Waals surface area contributed by atoms with Gasteiger partial charge in [-0.25, -0.2) is 0 Å². The molecule has 6 heteroatoms. The number of hydrogen-bond donors (Lipinski definition) is 1. The Balaban J connectivity index is 2.85. The van der Waals surface area contributed by atoms with E-state index in [2.05, 4.69) is 16.3 Å². The molecule has 0 aliphatic rings. The number of aromatic nitrogens is 2. The molecule has 0 radical (unpaired) electrons. The van der Waals surface area contributed by atoms with Gasteiger partial charge in [0.05, 0.1) is 4.92 Å². The third-order valence-electron chi connectivity index (χ3n) is 1.81. The van der Waals surface area contributed by atoms with Gasteiger partial charge in [0.15, 0.2) is 0 Å². The van der Waals surface area contributed by atoms with E-state index in [0.29, 0.717) is 6.42 Å². The number of aryl methyl sites for hydroxylation is 1. The van der Waals surface area contributed by atoms with Crippen LogP contribution < -0.4 is 5.32 Å². The van der Waals surface area contributed by atoms with Gasteiger partial charge in [0.1, 0.15) is 6.20 Å². The molecule has 1 rings (SSSR count). The molecule has 0 fully saturated rings. The van der Waals surface area contributed by atoms with Crippen LogP contribution in [-0.4, -0.2) is 20.7 Å². The SMILES string of the molecule is C#CCC(C)Nc1nn(C)cc1[N+](=O)[O-]. The molecule has 15 heavy (non-hydrogen) atoms. The molecule has 0 aliphatic carbocycles. The highest BCUT2D eigenvalue weighted by Gasteiger charge is 2.19. The predicted octanol–water partition coefficient (Wildman–Crippen LogP) is 1.15. The second kappa shape index (κ2) is 4.46. The molecule has 1 heterocycles. The first-order valence-corrected chi connectivity index (χ1v) is 4.42. The van der Waals surface area contributed by atoms with Crippen LogP contribution >= 0.6 is 0 Å². The zero-order valence-electron chi connectivity index (χ0n) is 8.60. The lowest BCUT2D eigenvalue weighted by Crippen LogP contribution is -2.15. The second-order valence-corrected chi connectivity index (χ2v) is 3.25. The number of nitrogens with zero attached hydrogens (tertiary/aromatic N) is 3. The van der Waals surface area contributed by atoms with Crippen molar-refractivity contribution in [3.63, 3.8) is 0 Å². The smallest absolute Gasteiger partial charge is 0.330 e. The molecule has 1 atom stereocenters. The van der Waals surface area contributed by atoms with E-state index in [9.17, 15) is 10.1 Å². The second-order valence-electron chi connectivity index (χ2n) is 3.25. The fourth-order valence-electron chi connectivity index (χ4n) is 1.17. The molecule has 1 aromatic heterocycles. The Morgan fingerprint density at radius 3 is 3.07 bits per heavy atom. The molecule has 0 saturated heterocycles. The third-order valence-corrected chi connectivity index (χ3v) is 1.81. The Kier molecular flexibility index (Phi) is 3.29. The molecule has 0 bridgehead atoms. The first-order chi connectivity index (χ1) is 7.04. The average molecular weight is 208 g/mol. The molecular weight excluding hydrogens is 196 g/mol. The van der Waals surface area contributed by atoms with E-state index in [1.165, 1.54) is 10.9 Å². The fraction of sp³-hybridized carbons (Fsp3) is 0.444. The summed E-state index contributed by atoms with van der Waals surface area (Å²) in [5, 5.41) is 17.5. The molecule has 0 saturated carbocycles. The number of nitro groups is 1. The minimum Gasteiger partial charge on any atom is -0.359 e. The minimum absolute atomic E-state index is 0.0383. The summed E-state index contributed by atoms with van der Waals surface area (Å²) < 4.78 is 1.39. The van der Waals surface area contributed by atoms with Gasteiger partial charge in [0.25, 0.3) is 0 Å². The van der Waals surface area contributed by atoms with Crippen LogP contribution in [0.3, 0.4) is 0 Å². The Hall–Kier alpha value is -2.03. The molecule has 0 amide bonds. The predicted molar refractivity (Wildman–Crippen MR) is 56.4 cm³/mol. The van der Waals surface area contributed by atoms with E-state index < -0.39 is 4.92 Å². The van der Waals surface area contributed by atoms with Crippen LogP contribution in [-0.2, 0) is 7.05 Å². The Labute approximate surface area is 87.4 Å². The number of terminal acetylenes is 1. The number of anilines is 1. The number of nitrogens with one attached hydrogen (secondary N) is 1. The fourth-order valence-corrected chi connectivity index (χ4v) is 1.17. The van der Waals surface area contributed by atoms with Crippen molar-refractivity contribution in [1.82, 2.24) is 9.78 Å². The van der Waals surface area contributed by atoms with Crippen LogP contribution in [0, 0.1) is 22.5 Å². The molecule has 1 aromatic rings. The van der Waals surface area contributed by atoms with E-state index in [1.807, 2.05) is 6.92 Å². The lowest BCUT2D eigenvalue weighted by atomic mass is 10.2. The third kappa shape index (κ3) is 2.71. The van der Waals surface area contributed by atoms with Crippen LogP contribution in [0.1, 0.15) is 13.3 Å². The van der Waals surface area contributed by atoms with Gasteiger partial charge >= 0.3 is 5.69 Å². The number of hydrogen-bond acceptors (Lipinski definition) is 4. The highest BCUT2D eigenvalue weighted by molar-refractivity contribution is 5.55. The van der Waals surface area contributed by atoms with Crippen LogP contribution in [0.15, 0.2) is 6.20 Å². The summed E-state index contributed by atoms with van der Waals surface area (Å²) in [5.74, 6) is 2.73. The first kappa shape index (κ1) is 11.0. The van der Waals surface area contributed by atoms with Gasteiger partial charge in [-0.15, -0.1) is 17.4 Å². The normalized spacial score (nSPS) is 11.8. The van der Waals surface area contributed by atoms with E-state index in [-0.39, 0.29) is 17.5 Å². The van der Waals surface area contributed by atoms with E-state index in [0.717, 1.165) is 0 Å². The van der Waals surface area contributed by atoms with Crippen LogP contribution in [0.5, 0.6) is 0 Å². The Bertz CT molecular complexity index is 405. The monoisotopic (exact) mass is 208 g/mol. The van der Waals surface area contributed by atoms with Gasteiger partial charge < -0.3 is 5.32 Å². The van der Waals surface area contributed by atoms with Crippen LogP contribution in [0.4, 0.5) is 11.5 Å². The van der Waals surface area contributed by atoms with Crippen LogP contribution in [0.2, 0.25) is 0 Å². The largest absolute Gasteiger partial charge is 0.359 e. The summed E-state index contributed by atoms with van der Waals surface area (Å²) in [6, 6.07) is -0.0383. The van der Waals surface area contributed by atoms with Crippen molar-refractivity contribution < 1.29 is 4.92 Å². The van der Waals surface area contributed by atoms with Crippen molar-refractivity contribution in [3.05, 3.63) is 16.3 Å². The molecular formula is C9H12N4O2. The summed E-state index contributed by atoms with van der Waals surface area (Å²) in [7, 11) is 1.63. The zero-order chi connectivity index (χ0) is 11.4. The Morgan fingerprint density at radius 1 is 1.87 bits per heavy atom. The van der Waals surface area contributed by atoms with Gasteiger partial charge in [0, 0.05) is 19.5 Å². The summed E-state index contributed by atoms with van der Waals surface area (Å²) in [4.78, 5) is 10.2. The van der Waals surface area contributed by atoms with Crippen molar-refractivity contribution >= 4 is 11.5 Å². The maximum atomic E-state index is 10.6.